The predicted octanol–water partition coefficient (Wildman–Crippen LogP) is 5.07. The van der Waals surface area contributed by atoms with Crippen LogP contribution in [0.5, 0.6) is 0 Å². The number of benzene rings is 1. The molecular formula is C18H21ClF3N3OS. The van der Waals surface area contributed by atoms with E-state index >= 15 is 0 Å². The SMILES string of the molecule is COC1(C)CCCN(Cc2sc(N)nc2-c2ccc(Cl)c(C(F)(F)F)c2)C1. The van der Waals surface area contributed by atoms with Crippen molar-refractivity contribution in [3.05, 3.63) is 33.7 Å². The molecular weight excluding hydrogens is 399 g/mol. The molecule has 1 aromatic carbocycles. The summed E-state index contributed by atoms with van der Waals surface area (Å²) < 4.78 is 45.2. The number of alkyl halides is 3. The number of nitrogens with two attached hydrogens (primary N) is 1. The molecule has 1 fully saturated rings. The third-order valence-corrected chi connectivity index (χ3v) is 6.06. The summed E-state index contributed by atoms with van der Waals surface area (Å²) in [5.74, 6) is 0. The first-order valence-corrected chi connectivity index (χ1v) is 9.70. The second-order valence-corrected chi connectivity index (χ2v) is 8.51. The molecule has 1 aliphatic rings. The highest BCUT2D eigenvalue weighted by atomic mass is 35.5. The van der Waals surface area contributed by atoms with Gasteiger partial charge in [0.25, 0.3) is 0 Å². The quantitative estimate of drug-likeness (QED) is 0.752. The lowest BCUT2D eigenvalue weighted by atomic mass is 9.94. The Morgan fingerprint density at radius 2 is 2.15 bits per heavy atom. The Hall–Kier alpha value is -1.35. The van der Waals surface area contributed by atoms with Crippen LogP contribution in [0.1, 0.15) is 30.2 Å². The molecule has 1 saturated heterocycles. The van der Waals surface area contributed by atoms with Crippen LogP contribution in [-0.4, -0.2) is 35.7 Å². The van der Waals surface area contributed by atoms with E-state index in [1.165, 1.54) is 17.4 Å². The number of nitrogen functional groups attached to an aromatic ring is 1. The molecule has 4 nitrogen and oxygen atoms in total. The van der Waals surface area contributed by atoms with E-state index in [0.29, 0.717) is 22.9 Å². The molecule has 0 aliphatic carbocycles. The van der Waals surface area contributed by atoms with E-state index in [2.05, 4.69) is 16.8 Å². The van der Waals surface area contributed by atoms with Gasteiger partial charge >= 0.3 is 6.18 Å². The Bertz CT molecular complexity index is 827. The molecule has 2 N–H and O–H groups in total. The molecule has 1 aliphatic heterocycles. The topological polar surface area (TPSA) is 51.4 Å². The number of methoxy groups -OCH3 is 1. The number of anilines is 1. The average molecular weight is 420 g/mol. The largest absolute Gasteiger partial charge is 0.417 e. The second kappa shape index (κ2) is 7.58. The van der Waals surface area contributed by atoms with E-state index in [4.69, 9.17) is 22.1 Å². The molecule has 1 aromatic heterocycles. The number of nitrogens with zero attached hydrogens (tertiary/aromatic N) is 2. The van der Waals surface area contributed by atoms with Gasteiger partial charge in [-0.2, -0.15) is 13.2 Å². The first kappa shape index (κ1) is 20.4. The minimum Gasteiger partial charge on any atom is -0.377 e. The Balaban J connectivity index is 1.91. The Morgan fingerprint density at radius 1 is 1.41 bits per heavy atom. The smallest absolute Gasteiger partial charge is 0.377 e. The highest BCUT2D eigenvalue weighted by molar-refractivity contribution is 7.15. The maximum absolute atomic E-state index is 13.2. The summed E-state index contributed by atoms with van der Waals surface area (Å²) >= 11 is 7.03. The monoisotopic (exact) mass is 419 g/mol. The Kier molecular flexibility index (Phi) is 5.72. The molecule has 0 saturated carbocycles. The normalized spacial score (nSPS) is 21.6. The van der Waals surface area contributed by atoms with Gasteiger partial charge in [0.15, 0.2) is 5.13 Å². The van der Waals surface area contributed by atoms with Crippen LogP contribution in [0.15, 0.2) is 18.2 Å². The summed E-state index contributed by atoms with van der Waals surface area (Å²) in [6, 6.07) is 3.84. The van der Waals surface area contributed by atoms with Gasteiger partial charge < -0.3 is 10.5 Å². The van der Waals surface area contributed by atoms with Gasteiger partial charge in [-0.15, -0.1) is 11.3 Å². The number of piperidine rings is 1. The first-order chi connectivity index (χ1) is 12.6. The van der Waals surface area contributed by atoms with Crippen LogP contribution in [0.4, 0.5) is 18.3 Å². The van der Waals surface area contributed by atoms with Gasteiger partial charge in [-0.3, -0.25) is 4.90 Å². The number of likely N-dealkylation sites (tertiary alicyclic amines) is 1. The number of thiazole rings is 1. The molecule has 0 bridgehead atoms. The van der Waals surface area contributed by atoms with E-state index in [9.17, 15) is 13.2 Å². The number of hydrogen-bond donors (Lipinski definition) is 1. The van der Waals surface area contributed by atoms with E-state index in [0.717, 1.165) is 36.9 Å². The van der Waals surface area contributed by atoms with Crippen LogP contribution in [0.25, 0.3) is 11.3 Å². The van der Waals surface area contributed by atoms with Crippen molar-refractivity contribution in [1.82, 2.24) is 9.88 Å². The maximum atomic E-state index is 13.2. The Labute approximate surface area is 165 Å². The maximum Gasteiger partial charge on any atom is 0.417 e. The zero-order valence-corrected chi connectivity index (χ0v) is 16.6. The summed E-state index contributed by atoms with van der Waals surface area (Å²) in [5.41, 5.74) is 5.61. The molecule has 148 valence electrons. The van der Waals surface area contributed by atoms with Gasteiger partial charge in [0.2, 0.25) is 0 Å². The van der Waals surface area contributed by atoms with Gasteiger partial charge in [0.05, 0.1) is 21.9 Å². The molecule has 1 unspecified atom stereocenters. The molecule has 9 heteroatoms. The summed E-state index contributed by atoms with van der Waals surface area (Å²) in [4.78, 5) is 7.35. The van der Waals surface area contributed by atoms with Crippen LogP contribution in [-0.2, 0) is 17.5 Å². The van der Waals surface area contributed by atoms with Gasteiger partial charge in [-0.1, -0.05) is 17.7 Å². The van der Waals surface area contributed by atoms with Crippen molar-refractivity contribution in [2.75, 3.05) is 25.9 Å². The van der Waals surface area contributed by atoms with Crippen molar-refractivity contribution in [1.29, 1.82) is 0 Å². The predicted molar refractivity (Wildman–Crippen MR) is 102 cm³/mol. The van der Waals surface area contributed by atoms with Crippen molar-refractivity contribution in [3.63, 3.8) is 0 Å². The lowest BCUT2D eigenvalue weighted by molar-refractivity contribution is -0.137. The third-order valence-electron chi connectivity index (χ3n) is 4.86. The number of ether oxygens (including phenoxy) is 1. The third kappa shape index (κ3) is 4.56. The van der Waals surface area contributed by atoms with E-state index in [1.807, 2.05) is 0 Å². The summed E-state index contributed by atoms with van der Waals surface area (Å²) in [5, 5.41) is -0.00193. The number of rotatable bonds is 4. The van der Waals surface area contributed by atoms with Crippen molar-refractivity contribution >= 4 is 28.1 Å². The Morgan fingerprint density at radius 3 is 2.81 bits per heavy atom. The van der Waals surface area contributed by atoms with Crippen LogP contribution in [0.3, 0.4) is 0 Å². The van der Waals surface area contributed by atoms with Crippen LogP contribution in [0.2, 0.25) is 5.02 Å². The average Bonchev–Trinajstić information content (AvgIpc) is 2.94. The second-order valence-electron chi connectivity index (χ2n) is 6.98. The van der Waals surface area contributed by atoms with Crippen molar-refractivity contribution in [2.24, 2.45) is 0 Å². The minimum absolute atomic E-state index is 0.224. The number of aromatic nitrogens is 1. The molecule has 0 radical (unpaired) electrons. The summed E-state index contributed by atoms with van der Waals surface area (Å²) in [6.45, 7) is 4.27. The van der Waals surface area contributed by atoms with Crippen LogP contribution >= 0.6 is 22.9 Å². The highest BCUT2D eigenvalue weighted by Gasteiger charge is 2.34. The van der Waals surface area contributed by atoms with Crippen molar-refractivity contribution in [2.45, 2.75) is 38.1 Å². The number of halogens is 4. The van der Waals surface area contributed by atoms with E-state index in [1.54, 1.807) is 13.2 Å². The molecule has 0 spiro atoms. The standard InChI is InChI=1S/C18H21ClF3N3OS/c1-17(26-2)6-3-7-25(10-17)9-14-15(24-16(23)27-14)11-4-5-13(19)12(8-11)18(20,21)22/h4-5,8H,3,6-7,9-10H2,1-2H3,(H2,23,24). The van der Waals surface area contributed by atoms with Crippen molar-refractivity contribution < 1.29 is 17.9 Å². The fourth-order valence-electron chi connectivity index (χ4n) is 3.40. The van der Waals surface area contributed by atoms with Gasteiger partial charge in [0, 0.05) is 30.6 Å². The highest BCUT2D eigenvalue weighted by Crippen LogP contribution is 2.39. The molecule has 2 heterocycles. The summed E-state index contributed by atoms with van der Waals surface area (Å²) in [7, 11) is 1.70. The molecule has 0 amide bonds. The van der Waals surface area contributed by atoms with Crippen molar-refractivity contribution in [3.8, 4) is 11.3 Å². The van der Waals surface area contributed by atoms with Gasteiger partial charge in [-0.25, -0.2) is 4.98 Å². The van der Waals surface area contributed by atoms with E-state index in [-0.39, 0.29) is 10.6 Å². The minimum atomic E-state index is -4.53. The molecule has 27 heavy (non-hydrogen) atoms. The lowest BCUT2D eigenvalue weighted by Gasteiger charge is -2.39. The molecule has 3 rings (SSSR count). The van der Waals surface area contributed by atoms with Gasteiger partial charge in [0.1, 0.15) is 0 Å². The zero-order valence-electron chi connectivity index (χ0n) is 15.1. The van der Waals surface area contributed by atoms with Crippen LogP contribution in [0, 0.1) is 0 Å². The lowest BCUT2D eigenvalue weighted by Crippen LogP contribution is -2.46. The fraction of sp³-hybridized carbons (Fsp3) is 0.500. The van der Waals surface area contributed by atoms with E-state index < -0.39 is 11.7 Å². The first-order valence-electron chi connectivity index (χ1n) is 8.51. The van der Waals surface area contributed by atoms with Crippen LogP contribution < -0.4 is 5.73 Å². The number of hydrogen-bond acceptors (Lipinski definition) is 5. The summed E-state index contributed by atoms with van der Waals surface area (Å²) in [6.07, 6.45) is -2.56. The zero-order chi connectivity index (χ0) is 19.8. The molecule has 1 atom stereocenters. The molecule has 2 aromatic rings. The van der Waals surface area contributed by atoms with Gasteiger partial charge in [-0.05, 0) is 38.4 Å². The fourth-order valence-corrected chi connectivity index (χ4v) is 4.53.